The maximum absolute atomic E-state index is 11.9. The molecule has 2 rings (SSSR count). The predicted molar refractivity (Wildman–Crippen MR) is 92.4 cm³/mol. The fourth-order valence-corrected chi connectivity index (χ4v) is 3.12. The fourth-order valence-electron chi connectivity index (χ4n) is 1.86. The molecule has 0 atom stereocenters. The van der Waals surface area contributed by atoms with Crippen molar-refractivity contribution in [3.8, 4) is 17.2 Å². The Balaban J connectivity index is 2.47. The third kappa shape index (κ3) is 4.08. The van der Waals surface area contributed by atoms with Gasteiger partial charge in [0.05, 0.1) is 14.2 Å². The van der Waals surface area contributed by atoms with Gasteiger partial charge < -0.3 is 14.2 Å². The number of nitrogens with zero attached hydrogens (tertiary/aromatic N) is 1. The Morgan fingerprint density at radius 2 is 1.87 bits per heavy atom. The highest BCUT2D eigenvalue weighted by molar-refractivity contribution is 8.45. The molecule has 8 heteroatoms. The van der Waals surface area contributed by atoms with Crippen molar-refractivity contribution >= 4 is 45.1 Å². The van der Waals surface area contributed by atoms with Crippen LogP contribution in [0.15, 0.2) is 22.8 Å². The van der Waals surface area contributed by atoms with Crippen molar-refractivity contribution < 1.29 is 23.8 Å². The zero-order valence-electron chi connectivity index (χ0n) is 13.0. The topological polar surface area (TPSA) is 74.2 Å². The summed E-state index contributed by atoms with van der Waals surface area (Å²) in [5.41, 5.74) is 1.01. The van der Waals surface area contributed by atoms with Gasteiger partial charge in [0.25, 0.3) is 0 Å². The van der Waals surface area contributed by atoms with Gasteiger partial charge in [-0.05, 0) is 41.8 Å². The maximum atomic E-state index is 11.9. The van der Waals surface area contributed by atoms with E-state index in [4.69, 9.17) is 14.2 Å². The van der Waals surface area contributed by atoms with Crippen LogP contribution in [0.25, 0.3) is 6.08 Å². The van der Waals surface area contributed by atoms with Gasteiger partial charge in [-0.2, -0.15) is 0 Å². The van der Waals surface area contributed by atoms with E-state index in [-0.39, 0.29) is 10.9 Å². The third-order valence-corrected chi connectivity index (χ3v) is 4.66. The Labute approximate surface area is 142 Å². The van der Waals surface area contributed by atoms with Gasteiger partial charge in [-0.1, -0.05) is 0 Å². The van der Waals surface area contributed by atoms with Gasteiger partial charge in [-0.15, -0.1) is 11.8 Å². The van der Waals surface area contributed by atoms with Crippen LogP contribution in [-0.2, 0) is 9.59 Å². The maximum Gasteiger partial charge on any atom is 0.308 e. The smallest absolute Gasteiger partial charge is 0.308 e. The molecule has 0 radical (unpaired) electrons. The molecule has 0 unspecified atom stereocenters. The first-order chi connectivity index (χ1) is 11.0. The molecule has 23 heavy (non-hydrogen) atoms. The second-order valence-electron chi connectivity index (χ2n) is 4.35. The van der Waals surface area contributed by atoms with E-state index >= 15 is 0 Å². The molecule has 122 valence electrons. The summed E-state index contributed by atoms with van der Waals surface area (Å²) in [4.78, 5) is 27.4. The Bertz CT molecular complexity index is 687. The van der Waals surface area contributed by atoms with Crippen LogP contribution in [-0.4, -0.2) is 35.9 Å². The fraction of sp³-hybridized carbons (Fsp3) is 0.267. The van der Waals surface area contributed by atoms with Gasteiger partial charge in [-0.25, -0.2) is 4.99 Å². The molecule has 0 fully saturated rings. The SMILES string of the molecule is COc1cc(/C=C2\N=C(SC)SC2=O)cc(OC)c1OC(C)=O. The summed E-state index contributed by atoms with van der Waals surface area (Å²) in [6.07, 6.45) is 3.50. The van der Waals surface area contributed by atoms with Gasteiger partial charge in [-0.3, -0.25) is 9.59 Å². The molecule has 6 nitrogen and oxygen atoms in total. The van der Waals surface area contributed by atoms with Crippen LogP contribution in [0.3, 0.4) is 0 Å². The van der Waals surface area contributed by atoms with E-state index in [0.717, 1.165) is 11.8 Å². The Hall–Kier alpha value is -1.93. The highest BCUT2D eigenvalue weighted by Crippen LogP contribution is 2.40. The van der Waals surface area contributed by atoms with Crippen LogP contribution in [0.5, 0.6) is 17.2 Å². The molecule has 1 aromatic rings. The van der Waals surface area contributed by atoms with Crippen molar-refractivity contribution in [1.29, 1.82) is 0 Å². The van der Waals surface area contributed by atoms with E-state index in [2.05, 4.69) is 4.99 Å². The van der Waals surface area contributed by atoms with E-state index in [1.165, 1.54) is 32.9 Å². The summed E-state index contributed by atoms with van der Waals surface area (Å²) >= 11 is 2.52. The number of methoxy groups -OCH3 is 2. The van der Waals surface area contributed by atoms with Crippen LogP contribution in [0.2, 0.25) is 0 Å². The molecular formula is C15H15NO5S2. The van der Waals surface area contributed by atoms with Crippen molar-refractivity contribution in [3.63, 3.8) is 0 Å². The largest absolute Gasteiger partial charge is 0.493 e. The van der Waals surface area contributed by atoms with Crippen molar-refractivity contribution in [2.75, 3.05) is 20.5 Å². The lowest BCUT2D eigenvalue weighted by molar-refractivity contribution is -0.132. The minimum Gasteiger partial charge on any atom is -0.493 e. The van der Waals surface area contributed by atoms with E-state index in [1.54, 1.807) is 18.2 Å². The lowest BCUT2D eigenvalue weighted by Crippen LogP contribution is -2.05. The summed E-state index contributed by atoms with van der Waals surface area (Å²) in [7, 11) is 2.92. The number of ether oxygens (including phenoxy) is 3. The molecule has 0 amide bonds. The van der Waals surface area contributed by atoms with E-state index in [9.17, 15) is 9.59 Å². The number of carbonyl (C=O) groups excluding carboxylic acids is 2. The molecule has 0 N–H and O–H groups in total. The van der Waals surface area contributed by atoms with Crippen LogP contribution >= 0.6 is 23.5 Å². The molecule has 1 aliphatic rings. The van der Waals surface area contributed by atoms with Gasteiger partial charge in [0, 0.05) is 6.92 Å². The summed E-state index contributed by atoms with van der Waals surface area (Å²) in [6, 6.07) is 3.30. The van der Waals surface area contributed by atoms with Gasteiger partial charge >= 0.3 is 5.97 Å². The van der Waals surface area contributed by atoms with Crippen molar-refractivity contribution in [3.05, 3.63) is 23.4 Å². The summed E-state index contributed by atoms with van der Waals surface area (Å²) in [6.45, 7) is 1.29. The lowest BCUT2D eigenvalue weighted by atomic mass is 10.1. The van der Waals surface area contributed by atoms with Crippen LogP contribution < -0.4 is 14.2 Å². The highest BCUT2D eigenvalue weighted by Gasteiger charge is 2.22. The number of thioether (sulfide) groups is 2. The third-order valence-electron chi connectivity index (χ3n) is 2.81. The van der Waals surface area contributed by atoms with Gasteiger partial charge in [0.1, 0.15) is 10.1 Å². The molecular weight excluding hydrogens is 338 g/mol. The normalized spacial score (nSPS) is 15.6. The molecule has 1 heterocycles. The van der Waals surface area contributed by atoms with E-state index < -0.39 is 5.97 Å². The summed E-state index contributed by atoms with van der Waals surface area (Å²) < 4.78 is 16.3. The second-order valence-corrected chi connectivity index (χ2v) is 6.36. The summed E-state index contributed by atoms with van der Waals surface area (Å²) in [5.74, 6) is 0.381. The second kappa shape index (κ2) is 7.56. The Kier molecular flexibility index (Phi) is 5.73. The Morgan fingerprint density at radius 3 is 2.30 bits per heavy atom. The summed E-state index contributed by atoms with van der Waals surface area (Å²) in [5, 5.41) is -0.114. The zero-order valence-corrected chi connectivity index (χ0v) is 14.7. The first kappa shape index (κ1) is 17.4. The van der Waals surface area contributed by atoms with Crippen LogP contribution in [0.1, 0.15) is 12.5 Å². The Morgan fingerprint density at radius 1 is 1.26 bits per heavy atom. The molecule has 0 saturated carbocycles. The molecule has 0 bridgehead atoms. The zero-order chi connectivity index (χ0) is 17.0. The monoisotopic (exact) mass is 353 g/mol. The molecule has 1 aliphatic heterocycles. The van der Waals surface area contributed by atoms with Crippen LogP contribution in [0, 0.1) is 0 Å². The standard InChI is InChI=1S/C15H15NO5S2/c1-8(17)21-13-11(19-2)6-9(7-12(13)20-3)5-10-14(18)23-15(16-10)22-4/h5-7H,1-4H3/b10-5-. The number of aliphatic imine (C=N–C) groups is 1. The molecule has 0 aliphatic carbocycles. The predicted octanol–water partition coefficient (Wildman–Crippen LogP) is 2.96. The van der Waals surface area contributed by atoms with Crippen molar-refractivity contribution in [2.24, 2.45) is 4.99 Å². The van der Waals surface area contributed by atoms with Crippen LogP contribution in [0.4, 0.5) is 0 Å². The average molecular weight is 353 g/mol. The minimum atomic E-state index is -0.482. The quantitative estimate of drug-likeness (QED) is 0.468. The highest BCUT2D eigenvalue weighted by atomic mass is 32.2. The lowest BCUT2D eigenvalue weighted by Gasteiger charge is -2.13. The minimum absolute atomic E-state index is 0.114. The molecule has 0 aromatic heterocycles. The number of carbonyl (C=O) groups is 2. The average Bonchev–Trinajstić information content (AvgIpc) is 2.88. The first-order valence-corrected chi connectivity index (χ1v) is 8.53. The van der Waals surface area contributed by atoms with E-state index in [0.29, 0.717) is 27.1 Å². The van der Waals surface area contributed by atoms with E-state index in [1.807, 2.05) is 6.26 Å². The molecule has 1 aromatic carbocycles. The van der Waals surface area contributed by atoms with Gasteiger partial charge in [0.15, 0.2) is 11.5 Å². The van der Waals surface area contributed by atoms with Crippen molar-refractivity contribution in [1.82, 2.24) is 0 Å². The number of hydrogen-bond acceptors (Lipinski definition) is 8. The number of esters is 1. The first-order valence-electron chi connectivity index (χ1n) is 6.49. The molecule has 0 saturated heterocycles. The van der Waals surface area contributed by atoms with Crippen molar-refractivity contribution in [2.45, 2.75) is 6.92 Å². The number of benzene rings is 1. The molecule has 0 spiro atoms. The van der Waals surface area contributed by atoms with Gasteiger partial charge in [0.2, 0.25) is 10.9 Å². The number of hydrogen-bond donors (Lipinski definition) is 0. The number of rotatable bonds is 4.